The van der Waals surface area contributed by atoms with Crippen molar-refractivity contribution in [2.75, 3.05) is 11.5 Å². The van der Waals surface area contributed by atoms with Gasteiger partial charge in [-0.05, 0) is 64.5 Å². The van der Waals surface area contributed by atoms with Gasteiger partial charge in [-0.2, -0.15) is 5.10 Å². The zero-order valence-corrected chi connectivity index (χ0v) is 19.2. The second kappa shape index (κ2) is 8.65. The molecule has 0 unspecified atom stereocenters. The molecule has 0 radical (unpaired) electrons. The molecule has 1 fully saturated rings. The lowest BCUT2D eigenvalue weighted by Gasteiger charge is -2.36. The monoisotopic (exact) mass is 425 g/mol. The van der Waals surface area contributed by atoms with Crippen LogP contribution in [0.15, 0.2) is 24.5 Å². The summed E-state index contributed by atoms with van der Waals surface area (Å²) in [6.45, 7) is 8.45. The Balaban J connectivity index is 1.73. The van der Waals surface area contributed by atoms with Gasteiger partial charge in [0.15, 0.2) is 0 Å². The fourth-order valence-electron chi connectivity index (χ4n) is 5.04. The van der Waals surface area contributed by atoms with E-state index in [9.17, 15) is 9.90 Å². The summed E-state index contributed by atoms with van der Waals surface area (Å²) in [6.07, 6.45) is 10.6. The Hall–Kier alpha value is -2.34. The average molecular weight is 426 g/mol. The van der Waals surface area contributed by atoms with Crippen LogP contribution in [0.5, 0.6) is 5.75 Å². The van der Waals surface area contributed by atoms with Gasteiger partial charge in [-0.3, -0.25) is 9.48 Å². The lowest BCUT2D eigenvalue weighted by atomic mass is 9.92. The van der Waals surface area contributed by atoms with Crippen molar-refractivity contribution in [1.29, 1.82) is 0 Å². The second-order valence-electron chi connectivity index (χ2n) is 9.92. The quantitative estimate of drug-likeness (QED) is 0.736. The number of fused-ring (bicyclic) bond motifs is 1. The number of nitrogens with zero attached hydrogens (tertiary/aromatic N) is 3. The van der Waals surface area contributed by atoms with Crippen LogP contribution in [0.2, 0.25) is 0 Å². The molecule has 1 aromatic carbocycles. The van der Waals surface area contributed by atoms with Gasteiger partial charge in [-0.15, -0.1) is 0 Å². The number of benzene rings is 1. The van der Waals surface area contributed by atoms with Crippen molar-refractivity contribution in [3.8, 4) is 16.9 Å². The minimum absolute atomic E-state index is 0.0703. The number of hydrogen-bond donors (Lipinski definition) is 1. The van der Waals surface area contributed by atoms with Crippen LogP contribution in [0.25, 0.3) is 11.1 Å². The first kappa shape index (κ1) is 21.9. The van der Waals surface area contributed by atoms with E-state index in [-0.39, 0.29) is 11.9 Å². The van der Waals surface area contributed by atoms with Gasteiger partial charge in [0.2, 0.25) is 5.91 Å². The molecule has 0 spiro atoms. The normalized spacial score (nSPS) is 19.5. The molecule has 6 heteroatoms. The van der Waals surface area contributed by atoms with Crippen molar-refractivity contribution < 1.29 is 14.6 Å². The van der Waals surface area contributed by atoms with E-state index >= 15 is 0 Å². The van der Waals surface area contributed by atoms with Gasteiger partial charge in [0, 0.05) is 35.9 Å². The highest BCUT2D eigenvalue weighted by Crippen LogP contribution is 2.43. The number of aliphatic hydroxyl groups is 1. The maximum absolute atomic E-state index is 12.4. The minimum Gasteiger partial charge on any atom is -0.492 e. The van der Waals surface area contributed by atoms with Crippen LogP contribution >= 0.6 is 0 Å². The number of carbonyl (C=O) groups is 1. The number of rotatable bonds is 6. The van der Waals surface area contributed by atoms with Crippen molar-refractivity contribution in [2.24, 2.45) is 5.92 Å². The summed E-state index contributed by atoms with van der Waals surface area (Å²) in [4.78, 5) is 14.3. The van der Waals surface area contributed by atoms with Crippen LogP contribution in [-0.4, -0.2) is 39.0 Å². The molecule has 1 saturated carbocycles. The van der Waals surface area contributed by atoms with Crippen LogP contribution in [0, 0.1) is 5.92 Å². The van der Waals surface area contributed by atoms with Crippen LogP contribution in [0.1, 0.15) is 65.4 Å². The lowest BCUT2D eigenvalue weighted by molar-refractivity contribution is -0.117. The molecular weight excluding hydrogens is 390 g/mol. The smallest absolute Gasteiger partial charge is 0.224 e. The highest BCUT2D eigenvalue weighted by atomic mass is 16.5. The van der Waals surface area contributed by atoms with Crippen LogP contribution in [0.4, 0.5) is 5.69 Å². The van der Waals surface area contributed by atoms with Crippen LogP contribution < -0.4 is 9.64 Å². The summed E-state index contributed by atoms with van der Waals surface area (Å²) < 4.78 is 8.30. The van der Waals surface area contributed by atoms with E-state index in [1.807, 2.05) is 17.3 Å². The molecule has 0 bridgehead atoms. The Kier molecular flexibility index (Phi) is 6.11. The predicted octanol–water partition coefficient (Wildman–Crippen LogP) is 4.58. The summed E-state index contributed by atoms with van der Waals surface area (Å²) in [5.41, 5.74) is 3.25. The largest absolute Gasteiger partial charge is 0.492 e. The van der Waals surface area contributed by atoms with E-state index < -0.39 is 5.60 Å². The third-order valence-corrected chi connectivity index (χ3v) is 6.52. The standard InChI is InChI=1S/C25H35N3O3/c1-17-9-10-22-23(28(17)18(2)29)12-11-21(24(22)31-15-19-7-5-6-8-19)20-13-26-27(14-20)16-25(3,4)30/h11-14,17,19,30H,5-10,15-16H2,1-4H3/t17-/m0/s1. The Morgan fingerprint density at radius 3 is 2.68 bits per heavy atom. The minimum atomic E-state index is -0.834. The van der Waals surface area contributed by atoms with Crippen LogP contribution in [0.3, 0.4) is 0 Å². The van der Waals surface area contributed by atoms with Crippen molar-refractivity contribution in [2.45, 2.75) is 84.4 Å². The summed E-state index contributed by atoms with van der Waals surface area (Å²) >= 11 is 0. The Morgan fingerprint density at radius 2 is 2.00 bits per heavy atom. The molecule has 0 saturated heterocycles. The molecule has 2 aliphatic rings. The first-order chi connectivity index (χ1) is 14.7. The van der Waals surface area contributed by atoms with Gasteiger partial charge in [0.1, 0.15) is 5.75 Å². The zero-order valence-electron chi connectivity index (χ0n) is 19.2. The molecule has 2 heterocycles. The second-order valence-corrected chi connectivity index (χ2v) is 9.92. The van der Waals surface area contributed by atoms with E-state index in [4.69, 9.17) is 4.74 Å². The third-order valence-electron chi connectivity index (χ3n) is 6.52. The molecule has 2 aromatic rings. The van der Waals surface area contributed by atoms with Crippen molar-refractivity contribution in [3.05, 3.63) is 30.1 Å². The molecule has 1 aromatic heterocycles. The van der Waals surface area contributed by atoms with Gasteiger partial charge in [0.05, 0.1) is 30.6 Å². The van der Waals surface area contributed by atoms with E-state index in [2.05, 4.69) is 24.2 Å². The van der Waals surface area contributed by atoms with E-state index in [1.54, 1.807) is 25.5 Å². The van der Waals surface area contributed by atoms with Gasteiger partial charge in [-0.25, -0.2) is 0 Å². The third kappa shape index (κ3) is 4.79. The first-order valence-corrected chi connectivity index (χ1v) is 11.6. The van der Waals surface area contributed by atoms with E-state index in [0.29, 0.717) is 12.5 Å². The number of hydrogen-bond acceptors (Lipinski definition) is 4. The molecule has 4 rings (SSSR count). The lowest BCUT2D eigenvalue weighted by Crippen LogP contribution is -2.40. The number of aromatic nitrogens is 2. The van der Waals surface area contributed by atoms with Crippen molar-refractivity contribution in [3.63, 3.8) is 0 Å². The van der Waals surface area contributed by atoms with E-state index in [0.717, 1.165) is 47.6 Å². The highest BCUT2D eigenvalue weighted by molar-refractivity contribution is 5.95. The fourth-order valence-corrected chi connectivity index (χ4v) is 5.04. The van der Waals surface area contributed by atoms with Crippen molar-refractivity contribution in [1.82, 2.24) is 9.78 Å². The molecule has 168 valence electrons. The molecule has 1 aliphatic heterocycles. The number of amides is 1. The molecule has 1 atom stereocenters. The SMILES string of the molecule is CC(=O)N1c2ccc(-c3cnn(CC(C)(C)O)c3)c(OCC3CCCC3)c2CC[C@@H]1C. The van der Waals surface area contributed by atoms with Gasteiger partial charge in [0.25, 0.3) is 0 Å². The predicted molar refractivity (Wildman–Crippen MR) is 122 cm³/mol. The van der Waals surface area contributed by atoms with Crippen molar-refractivity contribution >= 4 is 11.6 Å². The Bertz CT molecular complexity index is 938. The summed E-state index contributed by atoms with van der Waals surface area (Å²) in [6, 6.07) is 4.30. The topological polar surface area (TPSA) is 67.6 Å². The highest BCUT2D eigenvalue weighted by Gasteiger charge is 2.30. The maximum Gasteiger partial charge on any atom is 0.224 e. The molecule has 31 heavy (non-hydrogen) atoms. The number of ether oxygens (including phenoxy) is 1. The van der Waals surface area contributed by atoms with Gasteiger partial charge >= 0.3 is 0 Å². The Labute approximate surface area is 185 Å². The average Bonchev–Trinajstić information content (AvgIpc) is 3.36. The molecule has 6 nitrogen and oxygen atoms in total. The number of carbonyl (C=O) groups excluding carboxylic acids is 1. The number of anilines is 1. The molecule has 1 N–H and O–H groups in total. The van der Waals surface area contributed by atoms with Crippen LogP contribution in [-0.2, 0) is 17.8 Å². The molecular formula is C25H35N3O3. The summed E-state index contributed by atoms with van der Waals surface area (Å²) in [5.74, 6) is 1.57. The van der Waals surface area contributed by atoms with Gasteiger partial charge < -0.3 is 14.7 Å². The fraction of sp³-hybridized carbons (Fsp3) is 0.600. The summed E-state index contributed by atoms with van der Waals surface area (Å²) in [7, 11) is 0. The van der Waals surface area contributed by atoms with E-state index in [1.165, 1.54) is 25.7 Å². The molecule has 1 amide bonds. The molecule has 1 aliphatic carbocycles. The Morgan fingerprint density at radius 1 is 1.26 bits per heavy atom. The zero-order chi connectivity index (χ0) is 22.2. The van der Waals surface area contributed by atoms with Gasteiger partial charge in [-0.1, -0.05) is 12.8 Å². The summed E-state index contributed by atoms with van der Waals surface area (Å²) in [5, 5.41) is 14.6. The first-order valence-electron chi connectivity index (χ1n) is 11.6. The maximum atomic E-state index is 12.4.